The first-order chi connectivity index (χ1) is 15.3. The van der Waals surface area contributed by atoms with E-state index >= 15 is 0 Å². The molecule has 32 heavy (non-hydrogen) atoms. The van der Waals surface area contributed by atoms with E-state index in [2.05, 4.69) is 41.7 Å². The van der Waals surface area contributed by atoms with Crippen LogP contribution in [0.2, 0.25) is 0 Å². The summed E-state index contributed by atoms with van der Waals surface area (Å²) in [6, 6.07) is 11.7. The van der Waals surface area contributed by atoms with Crippen LogP contribution in [0.5, 0.6) is 0 Å². The second-order valence-corrected chi connectivity index (χ2v) is 10.6. The molecule has 6 nitrogen and oxygen atoms in total. The molecule has 2 aliphatic rings. The summed E-state index contributed by atoms with van der Waals surface area (Å²) in [6.07, 6.45) is 4.40. The maximum Gasteiger partial charge on any atom is 0.240 e. The van der Waals surface area contributed by atoms with Crippen LogP contribution in [-0.4, -0.2) is 51.9 Å². The molecule has 1 fully saturated rings. The van der Waals surface area contributed by atoms with E-state index < -0.39 is 10.0 Å². The molecule has 0 aromatic heterocycles. The van der Waals surface area contributed by atoms with Crippen molar-refractivity contribution in [2.24, 2.45) is 0 Å². The summed E-state index contributed by atoms with van der Waals surface area (Å²) < 4.78 is 28.0. The van der Waals surface area contributed by atoms with Crippen molar-refractivity contribution < 1.29 is 13.2 Å². The minimum atomic E-state index is -3.60. The Labute approximate surface area is 191 Å². The van der Waals surface area contributed by atoms with Gasteiger partial charge in [0.2, 0.25) is 15.9 Å². The van der Waals surface area contributed by atoms with Crippen molar-refractivity contribution in [2.45, 2.75) is 50.8 Å². The number of fused-ring (bicyclic) bond motifs is 1. The third-order valence-corrected chi connectivity index (χ3v) is 8.27. The zero-order valence-corrected chi connectivity index (χ0v) is 19.9. The number of benzene rings is 2. The zero-order chi connectivity index (χ0) is 22.7. The van der Waals surface area contributed by atoms with Gasteiger partial charge in [0.15, 0.2) is 0 Å². The number of nitrogens with one attached hydrogen (secondary N) is 1. The molecule has 0 bridgehead atoms. The average molecular weight is 456 g/mol. The highest BCUT2D eigenvalue weighted by Gasteiger charge is 2.23. The predicted molar refractivity (Wildman–Crippen MR) is 128 cm³/mol. The van der Waals surface area contributed by atoms with Gasteiger partial charge in [-0.2, -0.15) is 0 Å². The molecule has 0 atom stereocenters. The first kappa shape index (κ1) is 22.8. The Bertz CT molecular complexity index is 1090. The maximum absolute atomic E-state index is 12.7. The number of sulfonamides is 1. The lowest BCUT2D eigenvalue weighted by atomic mass is 9.92. The molecule has 2 aromatic rings. The smallest absolute Gasteiger partial charge is 0.240 e. The van der Waals surface area contributed by atoms with E-state index in [4.69, 9.17) is 0 Å². The molecule has 7 heteroatoms. The van der Waals surface area contributed by atoms with Crippen LogP contribution in [0.4, 0.5) is 5.69 Å². The van der Waals surface area contributed by atoms with Crippen molar-refractivity contribution in [3.63, 3.8) is 0 Å². The monoisotopic (exact) mass is 455 g/mol. The first-order valence-electron chi connectivity index (χ1n) is 11.6. The molecular formula is C25H33N3O3S. The Morgan fingerprint density at radius 2 is 1.69 bits per heavy atom. The fraction of sp³-hybridized carbons (Fsp3) is 0.480. The Balaban J connectivity index is 1.28. The lowest BCUT2D eigenvalue weighted by molar-refractivity contribution is -0.131. The summed E-state index contributed by atoms with van der Waals surface area (Å²) in [7, 11) is -3.60. The van der Waals surface area contributed by atoms with Gasteiger partial charge in [0.25, 0.3) is 0 Å². The van der Waals surface area contributed by atoms with E-state index in [1.54, 1.807) is 12.1 Å². The lowest BCUT2D eigenvalue weighted by Gasteiger charge is -2.37. The van der Waals surface area contributed by atoms with Crippen LogP contribution >= 0.6 is 0 Å². The summed E-state index contributed by atoms with van der Waals surface area (Å²) in [6.45, 7) is 7.26. The second-order valence-electron chi connectivity index (χ2n) is 8.87. The Hall–Kier alpha value is -2.38. The third-order valence-electron chi connectivity index (χ3n) is 6.81. The number of rotatable bonds is 6. The van der Waals surface area contributed by atoms with Crippen molar-refractivity contribution in [1.82, 2.24) is 9.62 Å². The highest BCUT2D eigenvalue weighted by Crippen LogP contribution is 2.25. The van der Waals surface area contributed by atoms with Crippen molar-refractivity contribution in [3.8, 4) is 0 Å². The van der Waals surface area contributed by atoms with Crippen molar-refractivity contribution in [1.29, 1.82) is 0 Å². The van der Waals surface area contributed by atoms with Crippen molar-refractivity contribution in [3.05, 3.63) is 58.7 Å². The fourth-order valence-electron chi connectivity index (χ4n) is 4.69. The SMILES string of the molecule is Cc1cccc(N2CCN(C(=O)CCNS(=O)(=O)c3ccc4c(c3)CCCC4)CC2)c1C. The minimum Gasteiger partial charge on any atom is -0.368 e. The predicted octanol–water partition coefficient (Wildman–Crippen LogP) is 3.20. The van der Waals surface area contributed by atoms with E-state index in [0.29, 0.717) is 18.0 Å². The quantitative estimate of drug-likeness (QED) is 0.726. The van der Waals surface area contributed by atoms with E-state index in [1.807, 2.05) is 11.0 Å². The van der Waals surface area contributed by atoms with Crippen LogP contribution in [0.3, 0.4) is 0 Å². The largest absolute Gasteiger partial charge is 0.368 e. The molecule has 4 rings (SSSR count). The average Bonchev–Trinajstić information content (AvgIpc) is 2.80. The Kier molecular flexibility index (Phi) is 6.86. The second kappa shape index (κ2) is 9.63. The van der Waals surface area contributed by atoms with Gasteiger partial charge in [0.05, 0.1) is 4.90 Å². The van der Waals surface area contributed by atoms with Gasteiger partial charge in [-0.05, 0) is 80.0 Å². The summed E-state index contributed by atoms with van der Waals surface area (Å²) in [5.41, 5.74) is 6.17. The number of hydrogen-bond donors (Lipinski definition) is 1. The number of piperazine rings is 1. The van der Waals surface area contributed by atoms with Gasteiger partial charge in [0, 0.05) is 44.8 Å². The van der Waals surface area contributed by atoms with Gasteiger partial charge in [-0.15, -0.1) is 0 Å². The molecular weight excluding hydrogens is 422 g/mol. The topological polar surface area (TPSA) is 69.7 Å². The number of carbonyl (C=O) groups is 1. The Morgan fingerprint density at radius 1 is 0.969 bits per heavy atom. The van der Waals surface area contributed by atoms with Gasteiger partial charge < -0.3 is 9.80 Å². The van der Waals surface area contributed by atoms with Crippen molar-refractivity contribution in [2.75, 3.05) is 37.6 Å². The Morgan fingerprint density at radius 3 is 2.44 bits per heavy atom. The summed E-state index contributed by atoms with van der Waals surface area (Å²) in [5, 5.41) is 0. The molecule has 1 amide bonds. The molecule has 2 aromatic carbocycles. The minimum absolute atomic E-state index is 0.00115. The van der Waals surface area contributed by atoms with E-state index in [9.17, 15) is 13.2 Å². The third kappa shape index (κ3) is 4.99. The summed E-state index contributed by atoms with van der Waals surface area (Å²) >= 11 is 0. The molecule has 0 spiro atoms. The molecule has 1 heterocycles. The van der Waals surface area contributed by atoms with E-state index in [-0.39, 0.29) is 18.9 Å². The van der Waals surface area contributed by atoms with Crippen LogP contribution in [-0.2, 0) is 27.7 Å². The lowest BCUT2D eigenvalue weighted by Crippen LogP contribution is -2.49. The highest BCUT2D eigenvalue weighted by atomic mass is 32.2. The van der Waals surface area contributed by atoms with Crippen LogP contribution in [0.15, 0.2) is 41.3 Å². The highest BCUT2D eigenvalue weighted by molar-refractivity contribution is 7.89. The molecule has 0 saturated carbocycles. The van der Waals surface area contributed by atoms with Crippen LogP contribution in [0.1, 0.15) is 41.5 Å². The van der Waals surface area contributed by atoms with Crippen LogP contribution in [0, 0.1) is 13.8 Å². The number of anilines is 1. The zero-order valence-electron chi connectivity index (χ0n) is 19.1. The number of carbonyl (C=O) groups excluding carboxylic acids is 1. The fourth-order valence-corrected chi connectivity index (χ4v) is 5.77. The number of aryl methyl sites for hydroxylation is 3. The van der Waals surface area contributed by atoms with Crippen LogP contribution in [0.25, 0.3) is 0 Å². The summed E-state index contributed by atoms with van der Waals surface area (Å²) in [5.74, 6) is -0.00115. The maximum atomic E-state index is 12.7. The van der Waals surface area contributed by atoms with Gasteiger partial charge in [0.1, 0.15) is 0 Å². The molecule has 0 radical (unpaired) electrons. The van der Waals surface area contributed by atoms with E-state index in [0.717, 1.165) is 44.3 Å². The number of nitrogens with zero attached hydrogens (tertiary/aromatic N) is 2. The molecule has 1 saturated heterocycles. The van der Waals surface area contributed by atoms with Crippen LogP contribution < -0.4 is 9.62 Å². The van der Waals surface area contributed by atoms with Gasteiger partial charge in [-0.3, -0.25) is 4.79 Å². The number of amides is 1. The molecule has 172 valence electrons. The van der Waals surface area contributed by atoms with Gasteiger partial charge >= 0.3 is 0 Å². The molecule has 1 aliphatic heterocycles. The molecule has 0 unspecified atom stereocenters. The standard InChI is InChI=1S/C25H33N3O3S/c1-19-6-5-9-24(20(19)2)27-14-16-28(17-15-27)25(29)12-13-26-32(30,31)23-11-10-21-7-3-4-8-22(21)18-23/h5-6,9-11,18,26H,3-4,7-8,12-17H2,1-2H3. The normalized spacial score (nSPS) is 16.7. The van der Waals surface area contributed by atoms with Gasteiger partial charge in [-0.25, -0.2) is 13.1 Å². The van der Waals surface area contributed by atoms with Crippen molar-refractivity contribution >= 4 is 21.6 Å². The number of hydrogen-bond acceptors (Lipinski definition) is 4. The summed E-state index contributed by atoms with van der Waals surface area (Å²) in [4.78, 5) is 17.1. The molecule has 1 N–H and O–H groups in total. The molecule has 1 aliphatic carbocycles. The first-order valence-corrected chi connectivity index (χ1v) is 13.0. The van der Waals surface area contributed by atoms with E-state index in [1.165, 1.54) is 22.4 Å². The van der Waals surface area contributed by atoms with Gasteiger partial charge in [-0.1, -0.05) is 18.2 Å².